The monoisotopic (exact) mass is 316 g/mol. The third-order valence-electron chi connectivity index (χ3n) is 3.48. The van der Waals surface area contributed by atoms with Gasteiger partial charge in [0.2, 0.25) is 0 Å². The molecule has 0 aliphatic rings. The molecule has 0 aromatic heterocycles. The average Bonchev–Trinajstić information content (AvgIpc) is 2.39. The lowest BCUT2D eigenvalue weighted by molar-refractivity contribution is 0.329. The van der Waals surface area contributed by atoms with Crippen molar-refractivity contribution >= 4 is 7.91 Å². The van der Waals surface area contributed by atoms with E-state index in [1.807, 2.05) is 13.0 Å². The van der Waals surface area contributed by atoms with E-state index in [1.54, 1.807) is 12.1 Å². The lowest BCUT2D eigenvalue weighted by atomic mass is 10.0. The molecule has 1 aromatic carbocycles. The van der Waals surface area contributed by atoms with E-state index in [1.165, 1.54) is 32.1 Å². The zero-order chi connectivity index (χ0) is 15.7. The van der Waals surface area contributed by atoms with Crippen molar-refractivity contribution in [3.63, 3.8) is 0 Å². The Bertz CT molecular complexity index is 471. The number of hydrogen-bond donors (Lipinski definition) is 1. The summed E-state index contributed by atoms with van der Waals surface area (Å²) in [6.45, 7) is 4.13. The topological polar surface area (TPSA) is 46.5 Å². The van der Waals surface area contributed by atoms with E-state index in [0.717, 1.165) is 30.4 Å². The van der Waals surface area contributed by atoms with Crippen LogP contribution in [-0.2, 0) is 11.0 Å². The minimum atomic E-state index is -4.99. The van der Waals surface area contributed by atoms with E-state index in [2.05, 4.69) is 11.4 Å². The van der Waals surface area contributed by atoms with E-state index in [-0.39, 0.29) is 5.75 Å². The van der Waals surface area contributed by atoms with Gasteiger partial charge in [0, 0.05) is 0 Å². The molecule has 0 bridgehead atoms. The fourth-order valence-electron chi connectivity index (χ4n) is 2.39. The van der Waals surface area contributed by atoms with Crippen LogP contribution in [-0.4, -0.2) is 4.89 Å². The Labute approximate surface area is 127 Å². The molecule has 1 atom stereocenters. The molecule has 0 aliphatic heterocycles. The molecule has 0 aliphatic carbocycles. The molecular weight excluding hydrogens is 290 g/mol. The second-order valence-electron chi connectivity index (χ2n) is 5.53. The van der Waals surface area contributed by atoms with Crippen molar-refractivity contribution in [1.29, 1.82) is 0 Å². The number of halogens is 1. The van der Waals surface area contributed by atoms with Crippen molar-refractivity contribution in [2.45, 2.75) is 65.2 Å². The van der Waals surface area contributed by atoms with Gasteiger partial charge in [0.15, 0.2) is 0 Å². The van der Waals surface area contributed by atoms with Crippen LogP contribution in [0.15, 0.2) is 18.2 Å². The average molecular weight is 316 g/mol. The molecule has 0 heterocycles. The van der Waals surface area contributed by atoms with E-state index >= 15 is 0 Å². The van der Waals surface area contributed by atoms with Gasteiger partial charge >= 0.3 is 7.91 Å². The van der Waals surface area contributed by atoms with Crippen LogP contribution >= 0.6 is 7.91 Å². The van der Waals surface area contributed by atoms with E-state index in [4.69, 9.17) is 4.89 Å². The fraction of sp³-hybridized carbons (Fsp3) is 0.625. The van der Waals surface area contributed by atoms with E-state index < -0.39 is 7.91 Å². The van der Waals surface area contributed by atoms with Gasteiger partial charge in [0.05, 0.1) is 0 Å². The maximum absolute atomic E-state index is 12.8. The van der Waals surface area contributed by atoms with E-state index in [0.29, 0.717) is 0 Å². The Kier molecular flexibility index (Phi) is 7.98. The molecule has 1 unspecified atom stereocenters. The normalized spacial score (nSPS) is 13.9. The molecule has 0 amide bonds. The highest BCUT2D eigenvalue weighted by Gasteiger charge is 2.20. The van der Waals surface area contributed by atoms with Gasteiger partial charge in [-0.2, -0.15) is 0 Å². The summed E-state index contributed by atoms with van der Waals surface area (Å²) in [6.07, 6.45) is 9.10. The third kappa shape index (κ3) is 8.23. The third-order valence-corrected chi connectivity index (χ3v) is 3.90. The Morgan fingerprint density at radius 3 is 2.38 bits per heavy atom. The molecule has 0 fully saturated rings. The fourth-order valence-corrected chi connectivity index (χ4v) is 2.81. The highest BCUT2D eigenvalue weighted by molar-refractivity contribution is 7.47. The zero-order valence-electron chi connectivity index (χ0n) is 13.0. The van der Waals surface area contributed by atoms with Crippen molar-refractivity contribution in [3.05, 3.63) is 29.3 Å². The number of aryl methyl sites for hydroxylation is 2. The van der Waals surface area contributed by atoms with Crippen LogP contribution < -0.4 is 4.52 Å². The first kappa shape index (κ1) is 18.2. The maximum atomic E-state index is 12.8. The van der Waals surface area contributed by atoms with Gasteiger partial charge in [-0.3, -0.25) is 4.89 Å². The smallest absolute Gasteiger partial charge is 0.401 e. The quantitative estimate of drug-likeness (QED) is 0.442. The van der Waals surface area contributed by atoms with Crippen LogP contribution in [0.4, 0.5) is 4.20 Å². The molecule has 3 nitrogen and oxygen atoms in total. The van der Waals surface area contributed by atoms with Gasteiger partial charge in [0.1, 0.15) is 5.75 Å². The lowest BCUT2D eigenvalue weighted by Crippen LogP contribution is -1.95. The van der Waals surface area contributed by atoms with Gasteiger partial charge in [0.25, 0.3) is 0 Å². The molecule has 120 valence electrons. The molecule has 5 heteroatoms. The summed E-state index contributed by atoms with van der Waals surface area (Å²) in [5, 5.41) is 0. The summed E-state index contributed by atoms with van der Waals surface area (Å²) in [5.74, 6) is 0.180. The lowest BCUT2D eigenvalue weighted by Gasteiger charge is -2.11. The Balaban J connectivity index is 2.46. The molecular formula is C16H26FO3P. The van der Waals surface area contributed by atoms with Crippen LogP contribution in [0.1, 0.15) is 63.0 Å². The predicted octanol–water partition coefficient (Wildman–Crippen LogP) is 5.74. The van der Waals surface area contributed by atoms with Crippen molar-refractivity contribution in [2.75, 3.05) is 0 Å². The first-order valence-corrected chi connectivity index (χ1v) is 9.21. The highest BCUT2D eigenvalue weighted by atomic mass is 31.2. The van der Waals surface area contributed by atoms with Crippen molar-refractivity contribution in [2.24, 2.45) is 0 Å². The summed E-state index contributed by atoms with van der Waals surface area (Å²) in [6, 6.07) is 5.20. The standard InChI is InChI=1S/C16H26FO3P/c1-3-4-5-6-7-8-9-10-15-13-14(2)11-12-16(15)20-21(17,18)19/h11-13H,3-10H2,1-2H3,(H,18,19). The van der Waals surface area contributed by atoms with Gasteiger partial charge in [-0.15, -0.1) is 4.20 Å². The van der Waals surface area contributed by atoms with Gasteiger partial charge in [-0.1, -0.05) is 63.1 Å². The summed E-state index contributed by atoms with van der Waals surface area (Å²) in [7, 11) is -4.99. The molecule has 0 radical (unpaired) electrons. The summed E-state index contributed by atoms with van der Waals surface area (Å²) < 4.78 is 28.1. The number of unbranched alkanes of at least 4 members (excludes halogenated alkanes) is 6. The highest BCUT2D eigenvalue weighted by Crippen LogP contribution is 2.45. The molecule has 1 aromatic rings. The van der Waals surface area contributed by atoms with Gasteiger partial charge < -0.3 is 4.52 Å². The Hall–Kier alpha value is -0.860. The molecule has 21 heavy (non-hydrogen) atoms. The Morgan fingerprint density at radius 2 is 1.76 bits per heavy atom. The molecule has 1 N–H and O–H groups in total. The number of hydrogen-bond acceptors (Lipinski definition) is 2. The minimum absolute atomic E-state index is 0.180. The van der Waals surface area contributed by atoms with Crippen LogP contribution in [0.2, 0.25) is 0 Å². The molecule has 0 spiro atoms. The van der Waals surface area contributed by atoms with Crippen molar-refractivity contribution < 1.29 is 18.2 Å². The van der Waals surface area contributed by atoms with Crippen molar-refractivity contribution in [1.82, 2.24) is 0 Å². The van der Waals surface area contributed by atoms with Gasteiger partial charge in [-0.25, -0.2) is 4.57 Å². The zero-order valence-corrected chi connectivity index (χ0v) is 13.9. The minimum Gasteiger partial charge on any atom is -0.401 e. The van der Waals surface area contributed by atoms with E-state index in [9.17, 15) is 8.76 Å². The summed E-state index contributed by atoms with van der Waals surface area (Å²) >= 11 is 0. The first-order chi connectivity index (χ1) is 9.92. The molecule has 1 rings (SSSR count). The second kappa shape index (κ2) is 9.22. The van der Waals surface area contributed by atoms with Gasteiger partial charge in [-0.05, 0) is 31.4 Å². The largest absolute Gasteiger partial charge is 0.567 e. The van der Waals surface area contributed by atoms with Crippen LogP contribution in [0.5, 0.6) is 5.75 Å². The maximum Gasteiger partial charge on any atom is 0.567 e. The Morgan fingerprint density at radius 1 is 1.14 bits per heavy atom. The van der Waals surface area contributed by atoms with Crippen LogP contribution in [0.3, 0.4) is 0 Å². The second-order valence-corrected chi connectivity index (χ2v) is 6.61. The number of rotatable bonds is 10. The van der Waals surface area contributed by atoms with Crippen LogP contribution in [0, 0.1) is 6.92 Å². The molecule has 0 saturated carbocycles. The number of benzene rings is 1. The SMILES string of the molecule is CCCCCCCCCc1cc(C)ccc1OP(=O)(O)F. The summed E-state index contributed by atoms with van der Waals surface area (Å²) in [4.78, 5) is 8.72. The van der Waals surface area contributed by atoms with Crippen molar-refractivity contribution in [3.8, 4) is 5.75 Å². The van der Waals surface area contributed by atoms with Crippen LogP contribution in [0.25, 0.3) is 0 Å². The summed E-state index contributed by atoms with van der Waals surface area (Å²) in [5.41, 5.74) is 1.84. The first-order valence-electron chi connectivity index (χ1n) is 7.74. The molecule has 0 saturated heterocycles. The predicted molar refractivity (Wildman–Crippen MR) is 84.4 cm³/mol.